The zero-order valence-electron chi connectivity index (χ0n) is 37.7. The van der Waals surface area contributed by atoms with E-state index < -0.39 is 0 Å². The van der Waals surface area contributed by atoms with Crippen LogP contribution in [-0.4, -0.2) is 19.1 Å². The van der Waals surface area contributed by atoms with Gasteiger partial charge in [0.2, 0.25) is 0 Å². The van der Waals surface area contributed by atoms with E-state index in [9.17, 15) is 0 Å². The Labute approximate surface area is 369 Å². The maximum absolute atomic E-state index is 4.68. The molecule has 0 unspecified atom stereocenters. The quantitative estimate of drug-likeness (QED) is 0.0967. The van der Waals surface area contributed by atoms with Crippen LogP contribution in [0.1, 0.15) is 115 Å². The van der Waals surface area contributed by atoms with Gasteiger partial charge in [-0.2, -0.15) is 0 Å². The molecule has 0 N–H and O–H groups in total. The monoisotopic (exact) mass is 814 g/mol. The molecule has 4 nitrogen and oxygen atoms in total. The molecule has 0 saturated heterocycles. The lowest BCUT2D eigenvalue weighted by Crippen LogP contribution is -2.04. The van der Waals surface area contributed by atoms with E-state index in [-0.39, 0.29) is 0 Å². The minimum atomic E-state index is 0.709. The van der Waals surface area contributed by atoms with Crippen LogP contribution in [0.25, 0.3) is 55.0 Å². The second-order valence-corrected chi connectivity index (χ2v) is 18.6. The summed E-state index contributed by atoms with van der Waals surface area (Å²) in [6, 6.07) is 38.9. The summed E-state index contributed by atoms with van der Waals surface area (Å²) in [7, 11) is 0. The molecule has 314 valence electrons. The smallest absolute Gasteiger partial charge is 0.0898 e. The molecular formula is C58H62N4. The van der Waals surface area contributed by atoms with E-state index in [0.717, 1.165) is 58.6 Å². The number of rotatable bonds is 15. The molecule has 0 spiro atoms. The highest BCUT2D eigenvalue weighted by molar-refractivity contribution is 6.09. The van der Waals surface area contributed by atoms with Crippen LogP contribution in [0.15, 0.2) is 122 Å². The molecule has 4 heterocycles. The summed E-state index contributed by atoms with van der Waals surface area (Å²) in [5, 5.41) is 5.10. The van der Waals surface area contributed by atoms with Gasteiger partial charge in [0.05, 0.1) is 11.4 Å². The molecule has 0 aliphatic carbocycles. The molecule has 2 atom stereocenters. The van der Waals surface area contributed by atoms with Crippen molar-refractivity contribution >= 4 is 43.6 Å². The first kappa shape index (κ1) is 42.6. The number of aryl methyl sites for hydroxylation is 2. The Morgan fingerprint density at radius 2 is 0.790 bits per heavy atom. The minimum Gasteiger partial charge on any atom is -0.340 e. The average molecular weight is 815 g/mol. The van der Waals surface area contributed by atoms with Gasteiger partial charge in [-0.25, -0.2) is 0 Å². The van der Waals surface area contributed by atoms with Crippen LogP contribution in [0.5, 0.6) is 0 Å². The van der Waals surface area contributed by atoms with E-state index in [0.29, 0.717) is 11.8 Å². The number of hydrogen-bond donors (Lipinski definition) is 0. The van der Waals surface area contributed by atoms with Crippen LogP contribution in [0, 0.1) is 47.4 Å². The van der Waals surface area contributed by atoms with Gasteiger partial charge in [0.25, 0.3) is 0 Å². The summed E-state index contributed by atoms with van der Waals surface area (Å²) in [4.78, 5) is 9.37. The molecule has 4 aromatic carbocycles. The number of fused-ring (bicyclic) bond motifs is 6. The molecule has 0 amide bonds. The van der Waals surface area contributed by atoms with Crippen molar-refractivity contribution in [3.8, 4) is 35.1 Å². The van der Waals surface area contributed by atoms with Crippen molar-refractivity contribution in [2.24, 2.45) is 23.7 Å². The van der Waals surface area contributed by atoms with Crippen molar-refractivity contribution in [1.82, 2.24) is 19.1 Å². The summed E-state index contributed by atoms with van der Waals surface area (Å²) < 4.78 is 5.02. The number of benzene rings is 4. The van der Waals surface area contributed by atoms with Gasteiger partial charge in [-0.15, -0.1) is 0 Å². The maximum Gasteiger partial charge on any atom is 0.0898 e. The van der Waals surface area contributed by atoms with Crippen molar-refractivity contribution in [2.75, 3.05) is 0 Å². The molecule has 0 aliphatic rings. The molecule has 0 fully saturated rings. The fourth-order valence-electron chi connectivity index (χ4n) is 9.07. The molecule has 8 aromatic rings. The zero-order chi connectivity index (χ0) is 43.0. The summed E-state index contributed by atoms with van der Waals surface area (Å²) in [6.45, 7) is 16.2. The Morgan fingerprint density at radius 1 is 0.403 bits per heavy atom. The second kappa shape index (κ2) is 19.7. The van der Waals surface area contributed by atoms with E-state index in [1.165, 1.54) is 95.0 Å². The van der Waals surface area contributed by atoms with Crippen LogP contribution >= 0.6 is 0 Å². The van der Waals surface area contributed by atoms with Crippen molar-refractivity contribution in [2.45, 2.75) is 106 Å². The molecule has 8 rings (SSSR count). The predicted molar refractivity (Wildman–Crippen MR) is 263 cm³/mol. The summed E-state index contributed by atoms with van der Waals surface area (Å²) in [5.41, 5.74) is 10.5. The third-order valence-electron chi connectivity index (χ3n) is 12.7. The Kier molecular flexibility index (Phi) is 13.6. The fraction of sp³-hybridized carbons (Fsp3) is 0.345. The van der Waals surface area contributed by atoms with Gasteiger partial charge in [-0.05, 0) is 109 Å². The van der Waals surface area contributed by atoms with Gasteiger partial charge in [-0.3, -0.25) is 9.97 Å². The number of hydrogen-bond acceptors (Lipinski definition) is 2. The SMILES string of the molecule is CC(C)CCC[C@@H](C)CCn1c2ccccc2c2cc(C#Cc3ccnc(-c4cc(C#Cc5ccc6c(c5)c5ccccc5n6CC[C@H](C)CCCC(C)C)ccn4)c3)ccc21. The van der Waals surface area contributed by atoms with Crippen molar-refractivity contribution < 1.29 is 0 Å². The molecule has 0 saturated carbocycles. The zero-order valence-corrected chi connectivity index (χ0v) is 37.7. The van der Waals surface area contributed by atoms with Gasteiger partial charge in [0.15, 0.2) is 0 Å². The van der Waals surface area contributed by atoms with Crippen LogP contribution in [0.2, 0.25) is 0 Å². The van der Waals surface area contributed by atoms with Crippen LogP contribution in [-0.2, 0) is 13.1 Å². The Balaban J connectivity index is 0.978. The molecule has 0 aliphatic heterocycles. The van der Waals surface area contributed by atoms with Gasteiger partial charge in [-0.1, -0.05) is 140 Å². The van der Waals surface area contributed by atoms with E-state index >= 15 is 0 Å². The lowest BCUT2D eigenvalue weighted by molar-refractivity contribution is 0.419. The highest BCUT2D eigenvalue weighted by Gasteiger charge is 2.14. The normalized spacial score (nSPS) is 12.6. The van der Waals surface area contributed by atoms with Crippen molar-refractivity contribution in [1.29, 1.82) is 0 Å². The fourth-order valence-corrected chi connectivity index (χ4v) is 9.07. The first-order valence-electron chi connectivity index (χ1n) is 23.2. The lowest BCUT2D eigenvalue weighted by Gasteiger charge is -2.14. The van der Waals surface area contributed by atoms with E-state index in [2.05, 4.69) is 169 Å². The summed E-state index contributed by atoms with van der Waals surface area (Å²) >= 11 is 0. The van der Waals surface area contributed by atoms with Gasteiger partial charge >= 0.3 is 0 Å². The first-order valence-corrected chi connectivity index (χ1v) is 23.2. The first-order chi connectivity index (χ1) is 30.2. The third-order valence-corrected chi connectivity index (χ3v) is 12.7. The number of pyridine rings is 2. The molecule has 0 bridgehead atoms. The Morgan fingerprint density at radius 3 is 1.21 bits per heavy atom. The second-order valence-electron chi connectivity index (χ2n) is 18.6. The average Bonchev–Trinajstić information content (AvgIpc) is 3.77. The van der Waals surface area contributed by atoms with Gasteiger partial charge in [0.1, 0.15) is 0 Å². The summed E-state index contributed by atoms with van der Waals surface area (Å²) in [6.07, 6.45) is 13.9. The third kappa shape index (κ3) is 10.2. The maximum atomic E-state index is 4.68. The predicted octanol–water partition coefficient (Wildman–Crippen LogP) is 14.9. The van der Waals surface area contributed by atoms with Crippen molar-refractivity contribution in [3.63, 3.8) is 0 Å². The van der Waals surface area contributed by atoms with E-state index in [4.69, 9.17) is 0 Å². The molecule has 0 radical (unpaired) electrons. The van der Waals surface area contributed by atoms with Crippen LogP contribution in [0.4, 0.5) is 0 Å². The van der Waals surface area contributed by atoms with Crippen LogP contribution < -0.4 is 0 Å². The molecular weight excluding hydrogens is 753 g/mol. The number of nitrogens with zero attached hydrogens (tertiary/aromatic N) is 4. The van der Waals surface area contributed by atoms with Crippen LogP contribution in [0.3, 0.4) is 0 Å². The lowest BCUT2D eigenvalue weighted by atomic mass is 9.97. The van der Waals surface area contributed by atoms with Crippen molar-refractivity contribution in [3.05, 3.63) is 144 Å². The molecule has 4 aromatic heterocycles. The number of para-hydroxylation sites is 2. The molecule has 4 heteroatoms. The number of aromatic nitrogens is 4. The minimum absolute atomic E-state index is 0.709. The van der Waals surface area contributed by atoms with Gasteiger partial charge < -0.3 is 9.13 Å². The highest BCUT2D eigenvalue weighted by Crippen LogP contribution is 2.33. The van der Waals surface area contributed by atoms with E-state index in [1.807, 2.05) is 36.7 Å². The Hall–Kier alpha value is -6.10. The summed E-state index contributed by atoms with van der Waals surface area (Å²) in [5.74, 6) is 16.7. The molecule has 62 heavy (non-hydrogen) atoms. The van der Waals surface area contributed by atoms with E-state index in [1.54, 1.807) is 0 Å². The largest absolute Gasteiger partial charge is 0.340 e. The highest BCUT2D eigenvalue weighted by atomic mass is 15.0. The standard InChI is InChI=1S/C58H62N4/c1-41(2)13-11-15-43(5)31-35-61-55-19-9-7-17-49(55)51-37-45(25-27-57(51)61)21-23-47-29-33-59-53(39-47)54-40-48(30-34-60-54)24-22-46-26-28-58-52(38-46)50-18-8-10-20-56(50)62(58)36-32-44(6)16-12-14-42(3)4/h7-10,17-20,25-30,33-34,37-44H,11-16,31-32,35-36H2,1-6H3/t43-,44-/m1/s1. The van der Waals surface area contributed by atoms with Gasteiger partial charge in [0, 0.05) is 91.3 Å². The Bertz CT molecular complexity index is 2730. The topological polar surface area (TPSA) is 35.6 Å².